The Hall–Kier alpha value is -2.50. The molecule has 1 unspecified atom stereocenters. The maximum absolute atomic E-state index is 12.3. The van der Waals surface area contributed by atoms with Crippen molar-refractivity contribution < 1.29 is 46.1 Å². The van der Waals surface area contributed by atoms with Crippen LogP contribution in [0, 0.1) is 0 Å². The molecule has 35 heavy (non-hydrogen) atoms. The molecule has 2 N–H and O–H groups in total. The molecule has 0 spiro atoms. The molecule has 0 radical (unpaired) electrons. The molecule has 0 saturated heterocycles. The van der Waals surface area contributed by atoms with Gasteiger partial charge in [0.2, 0.25) is 5.60 Å². The van der Waals surface area contributed by atoms with Crippen LogP contribution in [0.15, 0.2) is 30.3 Å². The summed E-state index contributed by atoms with van der Waals surface area (Å²) in [5.41, 5.74) is -2.92. The minimum absolute atomic E-state index is 0.0761. The number of aliphatic carboxylic acids is 2. The summed E-state index contributed by atoms with van der Waals surface area (Å²) >= 11 is 0. The largest absolute Gasteiger partial charge is 0.481 e. The number of carbonyl (C=O) groups excluding carboxylic acids is 1. The van der Waals surface area contributed by atoms with Crippen LogP contribution in [0.2, 0.25) is 0 Å². The minimum Gasteiger partial charge on any atom is -0.481 e. The van der Waals surface area contributed by atoms with E-state index >= 15 is 0 Å². The number of unbranched alkanes of at least 4 members (excludes halogenated alkanes) is 9. The van der Waals surface area contributed by atoms with Gasteiger partial charge in [-0.15, -0.1) is 0 Å². The van der Waals surface area contributed by atoms with Crippen molar-refractivity contribution in [3.05, 3.63) is 30.3 Å². The van der Waals surface area contributed by atoms with Gasteiger partial charge in [0, 0.05) is 0 Å². The summed E-state index contributed by atoms with van der Waals surface area (Å²) in [5, 5.41) is 18.7. The average molecular weight is 517 g/mol. The highest BCUT2D eigenvalue weighted by Gasteiger charge is 2.49. The number of para-hydroxylation sites is 1. The van der Waals surface area contributed by atoms with E-state index in [2.05, 4.69) is 11.1 Å². The number of hydrogen-bond donors (Lipinski definition) is 2. The van der Waals surface area contributed by atoms with Crippen LogP contribution >= 0.6 is 0 Å². The molecule has 1 aromatic rings. The van der Waals surface area contributed by atoms with Crippen molar-refractivity contribution in [1.82, 2.24) is 0 Å². The summed E-state index contributed by atoms with van der Waals surface area (Å²) in [6.45, 7) is 1.91. The second-order valence-electron chi connectivity index (χ2n) is 8.33. The lowest BCUT2D eigenvalue weighted by Crippen LogP contribution is -2.47. The van der Waals surface area contributed by atoms with Gasteiger partial charge < -0.3 is 14.9 Å². The van der Waals surface area contributed by atoms with E-state index in [0.717, 1.165) is 19.3 Å². The highest BCUT2D eigenvalue weighted by molar-refractivity contribution is 7.81. The topological polar surface area (TPSA) is 154 Å². The van der Waals surface area contributed by atoms with Crippen LogP contribution in [0.1, 0.15) is 84.0 Å². The minimum atomic E-state index is -4.91. The number of ether oxygens (including phenoxy) is 1. The van der Waals surface area contributed by atoms with Crippen molar-refractivity contribution >= 4 is 28.3 Å². The fourth-order valence-electron chi connectivity index (χ4n) is 3.41. The Balaban J connectivity index is 2.59. The lowest BCUT2D eigenvalue weighted by molar-refractivity contribution is -0.167. The maximum atomic E-state index is 12.3. The van der Waals surface area contributed by atoms with Crippen molar-refractivity contribution in [2.75, 3.05) is 6.61 Å². The molecule has 0 aromatic heterocycles. The molecule has 1 rings (SSSR count). The number of carbonyl (C=O) groups is 3. The van der Waals surface area contributed by atoms with Crippen LogP contribution in [0.25, 0.3) is 0 Å². The Kier molecular flexibility index (Phi) is 14.2. The van der Waals surface area contributed by atoms with Gasteiger partial charge in [0.1, 0.15) is 5.75 Å². The normalized spacial score (nSPS) is 13.2. The summed E-state index contributed by atoms with van der Waals surface area (Å²) in [5.74, 6) is -4.72. The van der Waals surface area contributed by atoms with E-state index in [1.54, 1.807) is 18.2 Å². The molecule has 0 saturated carbocycles. The van der Waals surface area contributed by atoms with Gasteiger partial charge in [-0.2, -0.15) is 8.42 Å². The molecule has 10 nitrogen and oxygen atoms in total. The summed E-state index contributed by atoms with van der Waals surface area (Å²) in [6.07, 6.45) is 7.78. The molecule has 11 heteroatoms. The smallest absolute Gasteiger partial charge is 0.400 e. The summed E-state index contributed by atoms with van der Waals surface area (Å²) in [4.78, 5) is 35.4. The van der Waals surface area contributed by atoms with Crippen LogP contribution in [0.4, 0.5) is 0 Å². The zero-order chi connectivity index (χ0) is 26.2. The summed E-state index contributed by atoms with van der Waals surface area (Å²) in [7, 11) is -4.91. The van der Waals surface area contributed by atoms with Gasteiger partial charge in [0.05, 0.1) is 19.4 Å². The Morgan fingerprint density at radius 3 is 1.89 bits per heavy atom. The molecule has 198 valence electrons. The molecule has 0 amide bonds. The fourth-order valence-corrected chi connectivity index (χ4v) is 4.36. The van der Waals surface area contributed by atoms with Crippen LogP contribution in [-0.4, -0.2) is 48.7 Å². The second-order valence-corrected chi connectivity index (χ2v) is 9.55. The van der Waals surface area contributed by atoms with E-state index in [1.807, 2.05) is 0 Å². The predicted octanol–water partition coefficient (Wildman–Crippen LogP) is 4.48. The number of carboxylic acids is 2. The van der Waals surface area contributed by atoms with E-state index in [4.69, 9.17) is 14.0 Å². The Labute approximate surface area is 206 Å². The zero-order valence-electron chi connectivity index (χ0n) is 20.1. The van der Waals surface area contributed by atoms with Gasteiger partial charge >= 0.3 is 28.3 Å². The molecular weight excluding hydrogens is 480 g/mol. The van der Waals surface area contributed by atoms with Crippen LogP contribution in [0.3, 0.4) is 0 Å². The van der Waals surface area contributed by atoms with Gasteiger partial charge in [-0.1, -0.05) is 82.9 Å². The molecule has 0 aliphatic carbocycles. The van der Waals surface area contributed by atoms with Crippen molar-refractivity contribution in [2.24, 2.45) is 0 Å². The molecule has 0 aliphatic rings. The molecular formula is C24H36O10S. The Morgan fingerprint density at radius 2 is 1.37 bits per heavy atom. The van der Waals surface area contributed by atoms with Crippen LogP contribution < -0.4 is 4.74 Å². The Morgan fingerprint density at radius 1 is 0.829 bits per heavy atom. The third kappa shape index (κ3) is 13.2. The van der Waals surface area contributed by atoms with Crippen molar-refractivity contribution in [3.8, 4) is 5.75 Å². The van der Waals surface area contributed by atoms with E-state index in [-0.39, 0.29) is 12.4 Å². The van der Waals surface area contributed by atoms with Gasteiger partial charge in [-0.3, -0.25) is 9.59 Å². The SMILES string of the molecule is CCCCCCCCCCCCOS(=O)(=O)OC(CC(=O)O)(CC(=O)Oc1ccccc1)C(=O)O. The molecule has 1 aromatic carbocycles. The highest BCUT2D eigenvalue weighted by Crippen LogP contribution is 2.27. The van der Waals surface area contributed by atoms with Crippen molar-refractivity contribution in [2.45, 2.75) is 89.6 Å². The monoisotopic (exact) mass is 516 g/mol. The first kappa shape index (κ1) is 30.5. The second kappa shape index (κ2) is 16.2. The quantitative estimate of drug-likeness (QED) is 0.144. The zero-order valence-corrected chi connectivity index (χ0v) is 21.0. The summed E-state index contributed by atoms with van der Waals surface area (Å²) in [6, 6.07) is 7.62. The lowest BCUT2D eigenvalue weighted by Gasteiger charge is -2.25. The molecule has 1 atom stereocenters. The Bertz CT molecular complexity index is 885. The first-order valence-electron chi connectivity index (χ1n) is 11.9. The number of benzene rings is 1. The third-order valence-electron chi connectivity index (χ3n) is 5.22. The standard InChI is InChI=1S/C24H36O10S/c1-2-3-4-5-6-7-8-9-10-14-17-32-35(30,31)34-24(23(28)29,18-21(25)26)19-22(27)33-20-15-12-11-13-16-20/h11-13,15-16H,2-10,14,17-19H2,1H3,(H,25,26)(H,28,29). The number of rotatable bonds is 20. The van der Waals surface area contributed by atoms with Crippen molar-refractivity contribution in [1.29, 1.82) is 0 Å². The van der Waals surface area contributed by atoms with Gasteiger partial charge in [0.15, 0.2) is 0 Å². The van der Waals surface area contributed by atoms with Gasteiger partial charge in [-0.25, -0.2) is 13.2 Å². The summed E-state index contributed by atoms with van der Waals surface area (Å²) < 4.78 is 38.9. The molecule has 0 bridgehead atoms. The molecule has 0 fully saturated rings. The molecule has 0 heterocycles. The van der Waals surface area contributed by atoms with E-state index in [0.29, 0.717) is 12.8 Å². The molecule has 0 aliphatic heterocycles. The third-order valence-corrected chi connectivity index (χ3v) is 6.20. The van der Waals surface area contributed by atoms with E-state index in [9.17, 15) is 27.9 Å². The average Bonchev–Trinajstić information content (AvgIpc) is 2.77. The van der Waals surface area contributed by atoms with E-state index in [1.165, 1.54) is 44.2 Å². The number of carboxylic acid groups (broad SMARTS) is 2. The highest BCUT2D eigenvalue weighted by atomic mass is 32.3. The van der Waals surface area contributed by atoms with Crippen LogP contribution in [0.5, 0.6) is 5.75 Å². The maximum Gasteiger partial charge on any atom is 0.400 e. The first-order chi connectivity index (χ1) is 16.6. The van der Waals surface area contributed by atoms with Crippen molar-refractivity contribution in [3.63, 3.8) is 0 Å². The van der Waals surface area contributed by atoms with E-state index < -0.39 is 46.7 Å². The lowest BCUT2D eigenvalue weighted by atomic mass is 9.96. The predicted molar refractivity (Wildman–Crippen MR) is 127 cm³/mol. The van der Waals surface area contributed by atoms with Gasteiger partial charge in [-0.05, 0) is 18.6 Å². The number of hydrogen-bond acceptors (Lipinski definition) is 8. The number of esters is 1. The fraction of sp³-hybridized carbons (Fsp3) is 0.625. The van der Waals surface area contributed by atoms with Gasteiger partial charge in [0.25, 0.3) is 0 Å². The van der Waals surface area contributed by atoms with Crippen LogP contribution in [-0.2, 0) is 33.1 Å². The first-order valence-corrected chi connectivity index (χ1v) is 13.2.